The maximum absolute atomic E-state index is 13.3. The summed E-state index contributed by atoms with van der Waals surface area (Å²) < 4.78 is 19.4. The Morgan fingerprint density at radius 2 is 2.07 bits per heavy atom. The monoisotopic (exact) mass is 422 g/mol. The third-order valence-corrected chi connectivity index (χ3v) is 6.94. The predicted octanol–water partition coefficient (Wildman–Crippen LogP) is 3.95. The van der Waals surface area contributed by atoms with Gasteiger partial charge in [-0.3, -0.25) is 4.79 Å². The van der Waals surface area contributed by atoms with Crippen LogP contribution < -0.4 is 0 Å². The molecule has 1 heterocycles. The number of fused-ring (bicyclic) bond motifs is 1. The third-order valence-electron chi connectivity index (χ3n) is 6.94. The molecular formula is C24H35FO5. The zero-order valence-electron chi connectivity index (χ0n) is 17.6. The predicted molar refractivity (Wildman–Crippen MR) is 112 cm³/mol. The van der Waals surface area contributed by atoms with Gasteiger partial charge in [0.25, 0.3) is 0 Å². The van der Waals surface area contributed by atoms with E-state index in [1.54, 1.807) is 6.07 Å². The second-order valence-electron chi connectivity index (χ2n) is 9.13. The van der Waals surface area contributed by atoms with Crippen molar-refractivity contribution in [1.82, 2.24) is 0 Å². The van der Waals surface area contributed by atoms with E-state index in [9.17, 15) is 19.4 Å². The van der Waals surface area contributed by atoms with Gasteiger partial charge in [-0.1, -0.05) is 12.1 Å². The van der Waals surface area contributed by atoms with Crippen LogP contribution in [-0.4, -0.2) is 46.2 Å². The van der Waals surface area contributed by atoms with E-state index in [4.69, 9.17) is 9.84 Å². The Labute approximate surface area is 178 Å². The quantitative estimate of drug-likeness (QED) is 0.532. The highest BCUT2D eigenvalue weighted by molar-refractivity contribution is 5.66. The summed E-state index contributed by atoms with van der Waals surface area (Å²) in [5.74, 6) is -0.168. The molecule has 5 nitrogen and oxygen atoms in total. The number of aliphatic hydroxyl groups excluding tert-OH is 2. The van der Waals surface area contributed by atoms with Crippen LogP contribution in [0.5, 0.6) is 0 Å². The SMILES string of the molecule is O=C(O)CCC[C@H]1CC[C@@H]2[C@@H](CC[C@@H](O)CCc3cccc(F)c3)[C@H](O)C[C@@H]2OC1. The molecule has 0 amide bonds. The summed E-state index contributed by atoms with van der Waals surface area (Å²) in [6, 6.07) is 6.49. The summed E-state index contributed by atoms with van der Waals surface area (Å²) in [5.41, 5.74) is 0.890. The zero-order chi connectivity index (χ0) is 21.5. The summed E-state index contributed by atoms with van der Waals surface area (Å²) >= 11 is 0. The topological polar surface area (TPSA) is 87.0 Å². The van der Waals surface area contributed by atoms with E-state index in [-0.39, 0.29) is 30.4 Å². The number of aliphatic carboxylic acids is 1. The average molecular weight is 423 g/mol. The van der Waals surface area contributed by atoms with E-state index < -0.39 is 12.1 Å². The first-order valence-electron chi connectivity index (χ1n) is 11.4. The smallest absolute Gasteiger partial charge is 0.303 e. The number of halogens is 1. The summed E-state index contributed by atoms with van der Waals surface area (Å²) in [6.07, 6.45) is 6.24. The summed E-state index contributed by atoms with van der Waals surface area (Å²) in [6.45, 7) is 0.649. The number of hydrogen-bond acceptors (Lipinski definition) is 4. The first-order valence-corrected chi connectivity index (χ1v) is 11.4. The molecule has 1 aliphatic carbocycles. The van der Waals surface area contributed by atoms with Crippen LogP contribution in [0, 0.1) is 23.6 Å². The van der Waals surface area contributed by atoms with Gasteiger partial charge in [0.15, 0.2) is 0 Å². The Balaban J connectivity index is 1.43. The number of carboxylic acids is 1. The number of aliphatic hydroxyl groups is 2. The first-order chi connectivity index (χ1) is 14.4. The summed E-state index contributed by atoms with van der Waals surface area (Å²) in [7, 11) is 0. The van der Waals surface area contributed by atoms with Gasteiger partial charge < -0.3 is 20.1 Å². The maximum Gasteiger partial charge on any atom is 0.303 e. The maximum atomic E-state index is 13.3. The lowest BCUT2D eigenvalue weighted by Gasteiger charge is -2.24. The van der Waals surface area contributed by atoms with Crippen LogP contribution in [0.25, 0.3) is 0 Å². The molecule has 1 saturated carbocycles. The molecule has 1 saturated heterocycles. The molecule has 2 fully saturated rings. The second kappa shape index (κ2) is 11.2. The minimum atomic E-state index is -0.749. The normalized spacial score (nSPS) is 29.9. The Bertz CT molecular complexity index is 681. The third kappa shape index (κ3) is 6.76. The van der Waals surface area contributed by atoms with Crippen LogP contribution >= 0.6 is 0 Å². The number of ether oxygens (including phenoxy) is 1. The molecule has 6 atom stereocenters. The minimum absolute atomic E-state index is 0.0684. The number of carbonyl (C=O) groups is 1. The molecule has 3 N–H and O–H groups in total. The molecule has 0 bridgehead atoms. The van der Waals surface area contributed by atoms with Gasteiger partial charge in [0.05, 0.1) is 18.3 Å². The van der Waals surface area contributed by atoms with E-state index >= 15 is 0 Å². The van der Waals surface area contributed by atoms with Crippen LogP contribution in [0.15, 0.2) is 24.3 Å². The molecule has 0 unspecified atom stereocenters. The number of rotatable bonds is 10. The molecule has 168 valence electrons. The largest absolute Gasteiger partial charge is 0.481 e. The molecule has 2 aliphatic rings. The van der Waals surface area contributed by atoms with E-state index in [1.807, 2.05) is 6.07 Å². The van der Waals surface area contributed by atoms with Gasteiger partial charge in [0, 0.05) is 19.4 Å². The zero-order valence-corrected chi connectivity index (χ0v) is 17.6. The minimum Gasteiger partial charge on any atom is -0.481 e. The van der Waals surface area contributed by atoms with Crippen molar-refractivity contribution in [1.29, 1.82) is 0 Å². The molecule has 0 spiro atoms. The van der Waals surface area contributed by atoms with E-state index in [0.29, 0.717) is 50.5 Å². The lowest BCUT2D eigenvalue weighted by molar-refractivity contribution is -0.137. The van der Waals surface area contributed by atoms with Crippen molar-refractivity contribution in [3.63, 3.8) is 0 Å². The van der Waals surface area contributed by atoms with Crippen molar-refractivity contribution in [2.24, 2.45) is 17.8 Å². The molecule has 30 heavy (non-hydrogen) atoms. The molecule has 0 aromatic heterocycles. The van der Waals surface area contributed by atoms with Crippen molar-refractivity contribution >= 4 is 5.97 Å². The molecular weight excluding hydrogens is 387 g/mol. The molecule has 1 aliphatic heterocycles. The first kappa shape index (κ1) is 23.2. The number of carboxylic acid groups (broad SMARTS) is 1. The van der Waals surface area contributed by atoms with Crippen molar-refractivity contribution in [3.05, 3.63) is 35.6 Å². The van der Waals surface area contributed by atoms with Crippen molar-refractivity contribution in [2.75, 3.05) is 6.61 Å². The van der Waals surface area contributed by atoms with Crippen LogP contribution in [0.2, 0.25) is 0 Å². The van der Waals surface area contributed by atoms with Gasteiger partial charge in [-0.25, -0.2) is 4.39 Å². The van der Waals surface area contributed by atoms with Crippen LogP contribution in [-0.2, 0) is 16.0 Å². The summed E-state index contributed by atoms with van der Waals surface area (Å²) in [5, 5.41) is 29.8. The fourth-order valence-electron chi connectivity index (χ4n) is 5.24. The standard InChI is InChI=1S/C24H35FO5/c25-18-5-1-3-16(13-18)7-9-19(26)10-12-20-21-11-8-17(4-2-6-24(28)29)15-30-23(21)14-22(20)27/h1,3,5,13,17,19-23,26-27H,2,4,6-12,14-15H2,(H,28,29)/t17-,19-,20+,21+,22+,23-/m0/s1. The van der Waals surface area contributed by atoms with E-state index in [2.05, 4.69) is 0 Å². The van der Waals surface area contributed by atoms with E-state index in [1.165, 1.54) is 12.1 Å². The van der Waals surface area contributed by atoms with Gasteiger partial charge in [-0.2, -0.15) is 0 Å². The molecule has 1 aromatic rings. The highest BCUT2D eigenvalue weighted by atomic mass is 19.1. The van der Waals surface area contributed by atoms with E-state index in [0.717, 1.165) is 31.2 Å². The van der Waals surface area contributed by atoms with Gasteiger partial charge in [-0.05, 0) is 86.8 Å². The Kier molecular flexibility index (Phi) is 8.66. The Hall–Kier alpha value is -1.50. The van der Waals surface area contributed by atoms with Crippen molar-refractivity contribution < 1.29 is 29.2 Å². The van der Waals surface area contributed by atoms with Crippen LogP contribution in [0.4, 0.5) is 4.39 Å². The Morgan fingerprint density at radius 1 is 1.23 bits per heavy atom. The summed E-state index contributed by atoms with van der Waals surface area (Å²) in [4.78, 5) is 10.7. The van der Waals surface area contributed by atoms with Crippen molar-refractivity contribution in [2.45, 2.75) is 82.5 Å². The molecule has 6 heteroatoms. The number of hydrogen-bond donors (Lipinski definition) is 3. The van der Waals surface area contributed by atoms with Crippen LogP contribution in [0.3, 0.4) is 0 Å². The fourth-order valence-corrected chi connectivity index (χ4v) is 5.24. The number of aryl methyl sites for hydroxylation is 1. The number of benzene rings is 1. The van der Waals surface area contributed by atoms with Gasteiger partial charge in [0.2, 0.25) is 0 Å². The molecule has 0 radical (unpaired) electrons. The van der Waals surface area contributed by atoms with Crippen molar-refractivity contribution in [3.8, 4) is 0 Å². The molecule has 3 rings (SSSR count). The Morgan fingerprint density at radius 3 is 2.83 bits per heavy atom. The van der Waals surface area contributed by atoms with Crippen LogP contribution in [0.1, 0.15) is 63.4 Å². The highest BCUT2D eigenvalue weighted by Crippen LogP contribution is 2.43. The lowest BCUT2D eigenvalue weighted by atomic mass is 9.83. The fraction of sp³-hybridized carbons (Fsp3) is 0.708. The molecule has 1 aromatic carbocycles. The van der Waals surface area contributed by atoms with Gasteiger partial charge >= 0.3 is 5.97 Å². The highest BCUT2D eigenvalue weighted by Gasteiger charge is 2.44. The van der Waals surface area contributed by atoms with Gasteiger partial charge in [0.1, 0.15) is 5.82 Å². The second-order valence-corrected chi connectivity index (χ2v) is 9.13. The lowest BCUT2D eigenvalue weighted by Crippen LogP contribution is -2.24. The average Bonchev–Trinajstić information content (AvgIpc) is 2.86. The van der Waals surface area contributed by atoms with Gasteiger partial charge in [-0.15, -0.1) is 0 Å².